The number of aliphatic imine (C=N–C) groups is 1. The van der Waals surface area contributed by atoms with E-state index in [0.29, 0.717) is 12.6 Å². The zero-order valence-electron chi connectivity index (χ0n) is 11.3. The molecule has 3 nitrogen and oxygen atoms in total. The molecule has 2 aromatic carbocycles. The standard InChI is InChI=1S/C17H18N2O/c18-16-19-13-17(20-16,11-14-7-3-1-4-8-14)12-15-9-5-2-6-10-15/h1-10H,11-13H2,(H2,18,19). The van der Waals surface area contributed by atoms with Crippen LogP contribution in [0.1, 0.15) is 11.1 Å². The summed E-state index contributed by atoms with van der Waals surface area (Å²) in [7, 11) is 0. The van der Waals surface area contributed by atoms with Gasteiger partial charge in [-0.2, -0.15) is 0 Å². The molecule has 2 N–H and O–H groups in total. The predicted molar refractivity (Wildman–Crippen MR) is 80.6 cm³/mol. The number of hydrogen-bond donors (Lipinski definition) is 1. The Balaban J connectivity index is 1.82. The van der Waals surface area contributed by atoms with Gasteiger partial charge in [-0.3, -0.25) is 0 Å². The summed E-state index contributed by atoms with van der Waals surface area (Å²) >= 11 is 0. The lowest BCUT2D eigenvalue weighted by atomic mass is 9.88. The molecule has 0 amide bonds. The summed E-state index contributed by atoms with van der Waals surface area (Å²) in [5.41, 5.74) is 7.88. The molecule has 2 aromatic rings. The van der Waals surface area contributed by atoms with Gasteiger partial charge in [0, 0.05) is 12.8 Å². The minimum Gasteiger partial charge on any atom is -0.456 e. The smallest absolute Gasteiger partial charge is 0.282 e. The third kappa shape index (κ3) is 2.82. The molecule has 0 aliphatic carbocycles. The van der Waals surface area contributed by atoms with Crippen LogP contribution in [0.4, 0.5) is 0 Å². The first kappa shape index (κ1) is 12.7. The molecule has 20 heavy (non-hydrogen) atoms. The molecule has 0 aromatic heterocycles. The third-order valence-electron chi connectivity index (χ3n) is 3.58. The van der Waals surface area contributed by atoms with E-state index < -0.39 is 0 Å². The topological polar surface area (TPSA) is 47.6 Å². The van der Waals surface area contributed by atoms with Crippen LogP contribution in [0.15, 0.2) is 65.7 Å². The van der Waals surface area contributed by atoms with E-state index in [0.717, 1.165) is 12.8 Å². The van der Waals surface area contributed by atoms with Gasteiger partial charge < -0.3 is 10.5 Å². The monoisotopic (exact) mass is 266 g/mol. The first-order chi connectivity index (χ1) is 9.76. The van der Waals surface area contributed by atoms with Crippen molar-refractivity contribution < 1.29 is 4.74 Å². The van der Waals surface area contributed by atoms with Gasteiger partial charge >= 0.3 is 0 Å². The van der Waals surface area contributed by atoms with Crippen LogP contribution in [-0.2, 0) is 17.6 Å². The Hall–Kier alpha value is -2.29. The van der Waals surface area contributed by atoms with E-state index >= 15 is 0 Å². The second-order valence-electron chi connectivity index (χ2n) is 5.26. The number of rotatable bonds is 4. The summed E-state index contributed by atoms with van der Waals surface area (Å²) in [6, 6.07) is 21.0. The second-order valence-corrected chi connectivity index (χ2v) is 5.26. The lowest BCUT2D eigenvalue weighted by molar-refractivity contribution is 0.0861. The average molecular weight is 266 g/mol. The van der Waals surface area contributed by atoms with Crippen LogP contribution < -0.4 is 5.73 Å². The quantitative estimate of drug-likeness (QED) is 0.924. The number of hydrogen-bond acceptors (Lipinski definition) is 3. The molecule has 3 rings (SSSR count). The van der Waals surface area contributed by atoms with Crippen molar-refractivity contribution in [3.63, 3.8) is 0 Å². The van der Waals surface area contributed by atoms with Gasteiger partial charge in [0.15, 0.2) is 0 Å². The van der Waals surface area contributed by atoms with E-state index in [2.05, 4.69) is 29.3 Å². The summed E-state index contributed by atoms with van der Waals surface area (Å²) in [6.45, 7) is 0.614. The van der Waals surface area contributed by atoms with Crippen molar-refractivity contribution in [2.24, 2.45) is 10.7 Å². The number of benzene rings is 2. The molecule has 1 aliphatic rings. The Bertz CT molecular complexity index is 551. The molecule has 0 radical (unpaired) electrons. The molecule has 0 saturated heterocycles. The van der Waals surface area contributed by atoms with Crippen LogP contribution in [0.2, 0.25) is 0 Å². The van der Waals surface area contributed by atoms with Crippen molar-refractivity contribution in [1.29, 1.82) is 0 Å². The second kappa shape index (κ2) is 5.37. The number of nitrogens with zero attached hydrogens (tertiary/aromatic N) is 1. The Kier molecular flexibility index (Phi) is 3.42. The molecular formula is C17H18N2O. The van der Waals surface area contributed by atoms with Crippen LogP contribution in [0.5, 0.6) is 0 Å². The lowest BCUT2D eigenvalue weighted by Crippen LogP contribution is -2.39. The van der Waals surface area contributed by atoms with Gasteiger partial charge in [-0.15, -0.1) is 0 Å². The molecule has 3 heteroatoms. The lowest BCUT2D eigenvalue weighted by Gasteiger charge is -2.28. The molecule has 0 bridgehead atoms. The highest BCUT2D eigenvalue weighted by Gasteiger charge is 2.37. The van der Waals surface area contributed by atoms with Crippen molar-refractivity contribution in [1.82, 2.24) is 0 Å². The first-order valence-corrected chi connectivity index (χ1v) is 6.83. The van der Waals surface area contributed by atoms with Gasteiger partial charge in [0.05, 0.1) is 6.54 Å². The molecule has 1 aliphatic heterocycles. The van der Waals surface area contributed by atoms with E-state index in [4.69, 9.17) is 10.5 Å². The minimum atomic E-state index is -0.354. The Morgan fingerprint density at radius 1 is 0.900 bits per heavy atom. The third-order valence-corrected chi connectivity index (χ3v) is 3.58. The summed E-state index contributed by atoms with van der Waals surface area (Å²) in [5, 5.41) is 0. The fourth-order valence-electron chi connectivity index (χ4n) is 2.69. The van der Waals surface area contributed by atoms with Crippen LogP contribution in [0, 0.1) is 0 Å². The maximum Gasteiger partial charge on any atom is 0.282 e. The SMILES string of the molecule is NC1=NCC(Cc2ccccc2)(Cc2ccccc2)O1. The Labute approximate surface area is 119 Å². The summed E-state index contributed by atoms with van der Waals surface area (Å²) < 4.78 is 5.88. The molecule has 0 atom stereocenters. The normalized spacial score (nSPS) is 16.5. The van der Waals surface area contributed by atoms with E-state index in [1.54, 1.807) is 0 Å². The van der Waals surface area contributed by atoms with Crippen molar-refractivity contribution in [2.75, 3.05) is 6.54 Å². The first-order valence-electron chi connectivity index (χ1n) is 6.83. The Morgan fingerprint density at radius 3 is 1.80 bits per heavy atom. The fourth-order valence-corrected chi connectivity index (χ4v) is 2.69. The fraction of sp³-hybridized carbons (Fsp3) is 0.235. The minimum absolute atomic E-state index is 0.303. The van der Waals surface area contributed by atoms with Crippen molar-refractivity contribution in [2.45, 2.75) is 18.4 Å². The van der Waals surface area contributed by atoms with Gasteiger partial charge in [-0.25, -0.2) is 4.99 Å². The largest absolute Gasteiger partial charge is 0.456 e. The van der Waals surface area contributed by atoms with Crippen LogP contribution in [-0.4, -0.2) is 18.2 Å². The maximum atomic E-state index is 5.88. The summed E-state index contributed by atoms with van der Waals surface area (Å²) in [4.78, 5) is 4.25. The molecule has 102 valence electrons. The average Bonchev–Trinajstić information content (AvgIpc) is 2.82. The van der Waals surface area contributed by atoms with Gasteiger partial charge in [-0.05, 0) is 11.1 Å². The zero-order chi connectivity index (χ0) is 13.8. The summed E-state index contributed by atoms with van der Waals surface area (Å²) in [5.74, 6) is 0. The molecule has 0 saturated carbocycles. The van der Waals surface area contributed by atoms with Crippen LogP contribution >= 0.6 is 0 Å². The molecule has 0 fully saturated rings. The van der Waals surface area contributed by atoms with Crippen molar-refractivity contribution in [3.8, 4) is 0 Å². The molecule has 1 heterocycles. The van der Waals surface area contributed by atoms with E-state index in [1.165, 1.54) is 11.1 Å². The van der Waals surface area contributed by atoms with Crippen LogP contribution in [0.3, 0.4) is 0 Å². The van der Waals surface area contributed by atoms with Gasteiger partial charge in [0.25, 0.3) is 6.02 Å². The van der Waals surface area contributed by atoms with Crippen molar-refractivity contribution in [3.05, 3.63) is 71.8 Å². The number of nitrogens with two attached hydrogens (primary N) is 1. The van der Waals surface area contributed by atoms with Crippen molar-refractivity contribution >= 4 is 6.02 Å². The molecular weight excluding hydrogens is 248 g/mol. The van der Waals surface area contributed by atoms with Gasteiger partial charge in [0.2, 0.25) is 0 Å². The highest BCUT2D eigenvalue weighted by Crippen LogP contribution is 2.27. The number of amidine groups is 1. The highest BCUT2D eigenvalue weighted by atomic mass is 16.5. The van der Waals surface area contributed by atoms with E-state index in [1.807, 2.05) is 36.4 Å². The van der Waals surface area contributed by atoms with E-state index in [9.17, 15) is 0 Å². The molecule has 0 unspecified atom stereocenters. The van der Waals surface area contributed by atoms with Gasteiger partial charge in [0.1, 0.15) is 5.60 Å². The predicted octanol–water partition coefficient (Wildman–Crippen LogP) is 2.56. The summed E-state index contributed by atoms with van der Waals surface area (Å²) in [6.07, 6.45) is 1.62. The Morgan fingerprint density at radius 2 is 1.40 bits per heavy atom. The number of ether oxygens (including phenoxy) is 1. The zero-order valence-corrected chi connectivity index (χ0v) is 11.3. The van der Waals surface area contributed by atoms with Crippen LogP contribution in [0.25, 0.3) is 0 Å². The molecule has 0 spiro atoms. The van der Waals surface area contributed by atoms with E-state index in [-0.39, 0.29) is 5.60 Å². The van der Waals surface area contributed by atoms with Gasteiger partial charge in [-0.1, -0.05) is 60.7 Å². The maximum absolute atomic E-state index is 5.88. The highest BCUT2D eigenvalue weighted by molar-refractivity contribution is 5.73.